The van der Waals surface area contributed by atoms with Gasteiger partial charge in [0.1, 0.15) is 11.6 Å². The van der Waals surface area contributed by atoms with Crippen molar-refractivity contribution < 1.29 is 18.7 Å². The molecule has 2 N–H and O–H groups in total. The van der Waals surface area contributed by atoms with Crippen LogP contribution in [0.25, 0.3) is 0 Å². The number of carbonyl (C=O) groups excluding carboxylic acids is 1. The van der Waals surface area contributed by atoms with Gasteiger partial charge in [-0.1, -0.05) is 26.8 Å². The van der Waals surface area contributed by atoms with E-state index >= 15 is 0 Å². The third-order valence-corrected chi connectivity index (χ3v) is 3.30. The topological polar surface area (TPSA) is 49.3 Å². The Morgan fingerprint density at radius 2 is 1.80 bits per heavy atom. The van der Waals surface area contributed by atoms with Crippen LogP contribution in [0.1, 0.15) is 39.2 Å². The SMILES string of the molecule is CC(C(=O)NCC(O)C(C)(C)C)c1c(F)cccc1F. The van der Waals surface area contributed by atoms with Crippen LogP contribution in [-0.4, -0.2) is 23.7 Å². The first-order chi connectivity index (χ1) is 9.14. The molecule has 0 aliphatic carbocycles. The molecular formula is C15H21F2NO2. The minimum atomic E-state index is -0.955. The van der Waals surface area contributed by atoms with Gasteiger partial charge in [-0.25, -0.2) is 8.78 Å². The second kappa shape index (κ2) is 6.31. The van der Waals surface area contributed by atoms with Gasteiger partial charge in [-0.2, -0.15) is 0 Å². The van der Waals surface area contributed by atoms with Gasteiger partial charge in [-0.3, -0.25) is 4.79 Å². The summed E-state index contributed by atoms with van der Waals surface area (Å²) in [7, 11) is 0. The number of aliphatic hydroxyl groups excluding tert-OH is 1. The van der Waals surface area contributed by atoms with Gasteiger partial charge >= 0.3 is 0 Å². The number of nitrogens with one attached hydrogen (secondary N) is 1. The Labute approximate surface area is 118 Å². The number of carbonyl (C=O) groups is 1. The standard InChI is InChI=1S/C15H21F2NO2/c1-9(13-10(16)6-5-7-11(13)17)14(20)18-8-12(19)15(2,3)4/h5-7,9,12,19H,8H2,1-4H3,(H,18,20). The van der Waals surface area contributed by atoms with Crippen LogP contribution in [0, 0.1) is 17.0 Å². The molecule has 0 aromatic heterocycles. The van der Waals surface area contributed by atoms with Crippen LogP contribution < -0.4 is 5.32 Å². The van der Waals surface area contributed by atoms with Gasteiger partial charge in [0.05, 0.1) is 12.0 Å². The van der Waals surface area contributed by atoms with Crippen molar-refractivity contribution in [3.8, 4) is 0 Å². The highest BCUT2D eigenvalue weighted by molar-refractivity contribution is 5.83. The van der Waals surface area contributed by atoms with E-state index in [2.05, 4.69) is 5.32 Å². The number of hydrogen-bond donors (Lipinski definition) is 2. The lowest BCUT2D eigenvalue weighted by Gasteiger charge is -2.26. The van der Waals surface area contributed by atoms with E-state index in [1.165, 1.54) is 13.0 Å². The fraction of sp³-hybridized carbons (Fsp3) is 0.533. The number of benzene rings is 1. The average molecular weight is 285 g/mol. The first kappa shape index (κ1) is 16.6. The maximum absolute atomic E-state index is 13.6. The molecule has 1 rings (SSSR count). The highest BCUT2D eigenvalue weighted by Crippen LogP contribution is 2.23. The van der Waals surface area contributed by atoms with Crippen molar-refractivity contribution in [1.29, 1.82) is 0 Å². The molecule has 1 aromatic rings. The van der Waals surface area contributed by atoms with Crippen LogP contribution >= 0.6 is 0 Å². The summed E-state index contributed by atoms with van der Waals surface area (Å²) in [6.45, 7) is 6.99. The molecule has 2 unspecified atom stereocenters. The van der Waals surface area contributed by atoms with Crippen LogP contribution in [-0.2, 0) is 4.79 Å². The van der Waals surface area contributed by atoms with Crippen LogP contribution in [0.5, 0.6) is 0 Å². The van der Waals surface area contributed by atoms with Gasteiger partial charge in [0.25, 0.3) is 0 Å². The monoisotopic (exact) mass is 285 g/mol. The summed E-state index contributed by atoms with van der Waals surface area (Å²) in [5, 5.41) is 12.4. The van der Waals surface area contributed by atoms with Gasteiger partial charge in [-0.15, -0.1) is 0 Å². The zero-order chi connectivity index (χ0) is 15.5. The summed E-state index contributed by atoms with van der Waals surface area (Å²) in [4.78, 5) is 11.9. The largest absolute Gasteiger partial charge is 0.391 e. The van der Waals surface area contributed by atoms with E-state index in [9.17, 15) is 18.7 Å². The fourth-order valence-corrected chi connectivity index (χ4v) is 1.71. The lowest BCUT2D eigenvalue weighted by atomic mass is 9.89. The molecule has 0 aliphatic heterocycles. The van der Waals surface area contributed by atoms with E-state index in [0.717, 1.165) is 12.1 Å². The van der Waals surface area contributed by atoms with Crippen LogP contribution in [0.15, 0.2) is 18.2 Å². The molecule has 0 saturated heterocycles. The Hall–Kier alpha value is -1.49. The van der Waals surface area contributed by atoms with E-state index in [1.54, 1.807) is 0 Å². The number of rotatable bonds is 4. The summed E-state index contributed by atoms with van der Waals surface area (Å²) in [6.07, 6.45) is -0.732. The Morgan fingerprint density at radius 3 is 2.25 bits per heavy atom. The van der Waals surface area contributed by atoms with Gasteiger partial charge in [0, 0.05) is 12.1 Å². The number of aliphatic hydroxyl groups is 1. The molecule has 0 fully saturated rings. The Morgan fingerprint density at radius 1 is 1.30 bits per heavy atom. The second-order valence-corrected chi connectivity index (χ2v) is 5.98. The predicted molar refractivity (Wildman–Crippen MR) is 73.2 cm³/mol. The number of hydrogen-bond acceptors (Lipinski definition) is 2. The zero-order valence-corrected chi connectivity index (χ0v) is 12.2. The van der Waals surface area contributed by atoms with Crippen molar-refractivity contribution in [2.45, 2.75) is 39.7 Å². The van der Waals surface area contributed by atoms with Crippen molar-refractivity contribution >= 4 is 5.91 Å². The van der Waals surface area contributed by atoms with E-state index in [0.29, 0.717) is 0 Å². The lowest BCUT2D eigenvalue weighted by Crippen LogP contribution is -2.40. The van der Waals surface area contributed by atoms with Crippen molar-refractivity contribution in [2.75, 3.05) is 6.54 Å². The van der Waals surface area contributed by atoms with Gasteiger partial charge in [0.15, 0.2) is 0 Å². The second-order valence-electron chi connectivity index (χ2n) is 5.98. The van der Waals surface area contributed by atoms with E-state index in [1.807, 2.05) is 20.8 Å². The molecule has 1 amide bonds. The van der Waals surface area contributed by atoms with Crippen LogP contribution in [0.2, 0.25) is 0 Å². The van der Waals surface area contributed by atoms with Crippen molar-refractivity contribution in [3.05, 3.63) is 35.4 Å². The Bertz CT molecular complexity index is 463. The highest BCUT2D eigenvalue weighted by Gasteiger charge is 2.26. The smallest absolute Gasteiger partial charge is 0.227 e. The van der Waals surface area contributed by atoms with E-state index < -0.39 is 29.6 Å². The van der Waals surface area contributed by atoms with Crippen LogP contribution in [0.4, 0.5) is 8.78 Å². The minimum Gasteiger partial charge on any atom is -0.391 e. The molecule has 112 valence electrons. The molecule has 5 heteroatoms. The Kier molecular flexibility index (Phi) is 5.22. The molecule has 1 aromatic carbocycles. The lowest BCUT2D eigenvalue weighted by molar-refractivity contribution is -0.123. The van der Waals surface area contributed by atoms with E-state index in [4.69, 9.17) is 0 Å². The maximum atomic E-state index is 13.6. The maximum Gasteiger partial charge on any atom is 0.227 e. The summed E-state index contributed by atoms with van der Waals surface area (Å²) in [5.41, 5.74) is -0.630. The third kappa shape index (κ3) is 4.00. The Balaban J connectivity index is 2.73. The first-order valence-corrected chi connectivity index (χ1v) is 6.54. The quantitative estimate of drug-likeness (QED) is 0.893. The molecule has 0 radical (unpaired) electrons. The highest BCUT2D eigenvalue weighted by atomic mass is 19.1. The molecule has 0 heterocycles. The van der Waals surface area contributed by atoms with Crippen LogP contribution in [0.3, 0.4) is 0 Å². The molecule has 0 saturated carbocycles. The number of amides is 1. The molecule has 0 aliphatic rings. The van der Waals surface area contributed by atoms with E-state index in [-0.39, 0.29) is 17.5 Å². The first-order valence-electron chi connectivity index (χ1n) is 6.54. The molecule has 2 atom stereocenters. The van der Waals surface area contributed by atoms with Crippen molar-refractivity contribution in [2.24, 2.45) is 5.41 Å². The van der Waals surface area contributed by atoms with Gasteiger partial charge < -0.3 is 10.4 Å². The van der Waals surface area contributed by atoms with Crippen molar-refractivity contribution in [1.82, 2.24) is 5.32 Å². The number of halogens is 2. The summed E-state index contributed by atoms with van der Waals surface area (Å²) >= 11 is 0. The molecule has 3 nitrogen and oxygen atoms in total. The molecule has 0 spiro atoms. The van der Waals surface area contributed by atoms with Crippen molar-refractivity contribution in [3.63, 3.8) is 0 Å². The molecular weight excluding hydrogens is 264 g/mol. The third-order valence-electron chi connectivity index (χ3n) is 3.30. The minimum absolute atomic E-state index is 0.0444. The van der Waals surface area contributed by atoms with Gasteiger partial charge in [0.2, 0.25) is 5.91 Å². The normalized spacial score (nSPS) is 14.8. The fourth-order valence-electron chi connectivity index (χ4n) is 1.71. The summed E-state index contributed by atoms with van der Waals surface area (Å²) in [6, 6.07) is 3.49. The molecule has 0 bridgehead atoms. The summed E-state index contributed by atoms with van der Waals surface area (Å²) in [5.74, 6) is -2.96. The molecule has 20 heavy (non-hydrogen) atoms. The summed E-state index contributed by atoms with van der Waals surface area (Å²) < 4.78 is 27.2. The predicted octanol–water partition coefficient (Wildman–Crippen LogP) is 2.59. The zero-order valence-electron chi connectivity index (χ0n) is 12.2. The van der Waals surface area contributed by atoms with Gasteiger partial charge in [-0.05, 0) is 24.5 Å². The average Bonchev–Trinajstić information content (AvgIpc) is 2.33.